The molecular formula is C18H26N8OS. The lowest BCUT2D eigenvalue weighted by molar-refractivity contribution is 0.0750. The van der Waals surface area contributed by atoms with Gasteiger partial charge in [0.1, 0.15) is 10.7 Å². The third-order valence-electron chi connectivity index (χ3n) is 5.35. The number of nitrogens with zero attached hydrogens (tertiary/aromatic N) is 8. The van der Waals surface area contributed by atoms with Crippen molar-refractivity contribution in [3.63, 3.8) is 0 Å². The van der Waals surface area contributed by atoms with E-state index in [-0.39, 0.29) is 5.91 Å². The molecule has 2 fully saturated rings. The molecule has 1 amide bonds. The van der Waals surface area contributed by atoms with Crippen molar-refractivity contribution >= 4 is 29.2 Å². The van der Waals surface area contributed by atoms with Crippen molar-refractivity contribution in [2.75, 3.05) is 69.2 Å². The van der Waals surface area contributed by atoms with E-state index in [1.807, 2.05) is 18.7 Å². The molecule has 0 bridgehead atoms. The van der Waals surface area contributed by atoms with E-state index in [1.54, 1.807) is 0 Å². The number of hydrogen-bond donors (Lipinski definition) is 0. The van der Waals surface area contributed by atoms with E-state index in [2.05, 4.69) is 42.4 Å². The van der Waals surface area contributed by atoms with Crippen LogP contribution < -0.4 is 9.80 Å². The number of likely N-dealkylation sites (N-methyl/N-ethyl adjacent to an activating group) is 1. The SMILES string of the molecule is Cc1cc(N2CCN(C)CC2)nc(N2CCN(C(=O)c3snnc3C)CC2)n1. The van der Waals surface area contributed by atoms with Gasteiger partial charge >= 0.3 is 0 Å². The maximum absolute atomic E-state index is 12.7. The van der Waals surface area contributed by atoms with Gasteiger partial charge in [-0.05, 0) is 32.4 Å². The van der Waals surface area contributed by atoms with Crippen LogP contribution in [0.1, 0.15) is 21.1 Å². The van der Waals surface area contributed by atoms with Gasteiger partial charge in [-0.25, -0.2) is 4.98 Å². The molecule has 4 heterocycles. The quantitative estimate of drug-likeness (QED) is 0.741. The van der Waals surface area contributed by atoms with Gasteiger partial charge in [-0.15, -0.1) is 5.10 Å². The Hall–Kier alpha value is -2.33. The normalized spacial score (nSPS) is 18.6. The van der Waals surface area contributed by atoms with E-state index in [0.29, 0.717) is 23.7 Å². The van der Waals surface area contributed by atoms with Crippen molar-refractivity contribution in [3.8, 4) is 0 Å². The van der Waals surface area contributed by atoms with Crippen LogP contribution in [0.25, 0.3) is 0 Å². The first kappa shape index (κ1) is 19.0. The highest BCUT2D eigenvalue weighted by Gasteiger charge is 2.26. The summed E-state index contributed by atoms with van der Waals surface area (Å²) in [5.41, 5.74) is 1.68. The second kappa shape index (κ2) is 7.96. The number of anilines is 2. The Morgan fingerprint density at radius 2 is 1.64 bits per heavy atom. The van der Waals surface area contributed by atoms with E-state index in [0.717, 1.165) is 56.7 Å². The highest BCUT2D eigenvalue weighted by atomic mass is 32.1. The molecular weight excluding hydrogens is 376 g/mol. The lowest BCUT2D eigenvalue weighted by Gasteiger charge is -2.36. The molecule has 4 rings (SSSR count). The van der Waals surface area contributed by atoms with Gasteiger partial charge in [0.15, 0.2) is 0 Å². The Balaban J connectivity index is 1.43. The zero-order valence-electron chi connectivity index (χ0n) is 16.6. The highest BCUT2D eigenvalue weighted by Crippen LogP contribution is 2.21. The van der Waals surface area contributed by atoms with Crippen molar-refractivity contribution in [1.82, 2.24) is 29.4 Å². The number of carbonyl (C=O) groups excluding carboxylic acids is 1. The van der Waals surface area contributed by atoms with Crippen LogP contribution in [0.4, 0.5) is 11.8 Å². The van der Waals surface area contributed by atoms with Gasteiger partial charge in [-0.3, -0.25) is 4.79 Å². The predicted octanol–water partition coefficient (Wildman–Crippen LogP) is 0.659. The topological polar surface area (TPSA) is 81.6 Å². The first-order chi connectivity index (χ1) is 13.5. The van der Waals surface area contributed by atoms with Crippen molar-refractivity contribution in [1.29, 1.82) is 0 Å². The Bertz CT molecular complexity index is 840. The van der Waals surface area contributed by atoms with Gasteiger partial charge < -0.3 is 19.6 Å². The number of aryl methyl sites for hydroxylation is 2. The maximum Gasteiger partial charge on any atom is 0.267 e. The Morgan fingerprint density at radius 1 is 0.964 bits per heavy atom. The molecule has 9 nitrogen and oxygen atoms in total. The van der Waals surface area contributed by atoms with Crippen LogP contribution >= 0.6 is 11.5 Å². The van der Waals surface area contributed by atoms with Crippen molar-refractivity contribution in [2.45, 2.75) is 13.8 Å². The van der Waals surface area contributed by atoms with Crippen LogP contribution in [0.2, 0.25) is 0 Å². The lowest BCUT2D eigenvalue weighted by Crippen LogP contribution is -2.49. The van der Waals surface area contributed by atoms with Crippen LogP contribution in [-0.4, -0.2) is 94.7 Å². The van der Waals surface area contributed by atoms with Gasteiger partial charge in [-0.2, -0.15) is 4.98 Å². The highest BCUT2D eigenvalue weighted by molar-refractivity contribution is 7.07. The molecule has 2 aromatic heterocycles. The van der Waals surface area contributed by atoms with E-state index in [4.69, 9.17) is 4.98 Å². The molecule has 10 heteroatoms. The number of rotatable bonds is 3. The predicted molar refractivity (Wildman–Crippen MR) is 109 cm³/mol. The number of amides is 1. The molecule has 2 aromatic rings. The standard InChI is InChI=1S/C18H26N8OS/c1-13-12-15(24-6-4-23(3)5-7-24)20-18(19-13)26-10-8-25(9-11-26)17(27)16-14(2)21-22-28-16/h12H,4-11H2,1-3H3. The summed E-state index contributed by atoms with van der Waals surface area (Å²) in [6.07, 6.45) is 0. The van der Waals surface area contributed by atoms with E-state index >= 15 is 0 Å². The third-order valence-corrected chi connectivity index (χ3v) is 6.17. The van der Waals surface area contributed by atoms with E-state index in [1.165, 1.54) is 11.5 Å². The van der Waals surface area contributed by atoms with Gasteiger partial charge in [0, 0.05) is 64.1 Å². The van der Waals surface area contributed by atoms with Gasteiger partial charge in [-0.1, -0.05) is 4.49 Å². The molecule has 0 radical (unpaired) electrons. The monoisotopic (exact) mass is 402 g/mol. The average Bonchev–Trinajstić information content (AvgIpc) is 3.13. The molecule has 2 saturated heterocycles. The summed E-state index contributed by atoms with van der Waals surface area (Å²) in [5.74, 6) is 1.78. The van der Waals surface area contributed by atoms with Crippen molar-refractivity contribution in [2.24, 2.45) is 0 Å². The average molecular weight is 403 g/mol. The minimum atomic E-state index is 0.0236. The summed E-state index contributed by atoms with van der Waals surface area (Å²) in [6.45, 7) is 10.7. The minimum absolute atomic E-state index is 0.0236. The fourth-order valence-corrected chi connectivity index (χ4v) is 4.18. The van der Waals surface area contributed by atoms with Crippen LogP contribution in [0.15, 0.2) is 6.07 Å². The first-order valence-corrected chi connectivity index (χ1v) is 10.4. The summed E-state index contributed by atoms with van der Waals surface area (Å²) in [6, 6.07) is 2.06. The smallest absolute Gasteiger partial charge is 0.267 e. The summed E-state index contributed by atoms with van der Waals surface area (Å²) < 4.78 is 3.87. The fourth-order valence-electron chi connectivity index (χ4n) is 3.56. The second-order valence-corrected chi connectivity index (χ2v) is 8.18. The minimum Gasteiger partial charge on any atom is -0.354 e. The number of piperazine rings is 2. The van der Waals surface area contributed by atoms with Crippen LogP contribution in [0, 0.1) is 13.8 Å². The zero-order chi connectivity index (χ0) is 19.7. The largest absolute Gasteiger partial charge is 0.354 e. The molecule has 0 spiro atoms. The van der Waals surface area contributed by atoms with Crippen LogP contribution in [0.5, 0.6) is 0 Å². The molecule has 150 valence electrons. The molecule has 0 unspecified atom stereocenters. The molecule has 0 aliphatic carbocycles. The molecule has 28 heavy (non-hydrogen) atoms. The molecule has 2 aliphatic heterocycles. The molecule has 0 saturated carbocycles. The molecule has 0 aromatic carbocycles. The number of aromatic nitrogens is 4. The van der Waals surface area contributed by atoms with Crippen LogP contribution in [0.3, 0.4) is 0 Å². The molecule has 0 N–H and O–H groups in total. The van der Waals surface area contributed by atoms with Crippen molar-refractivity contribution < 1.29 is 4.79 Å². The van der Waals surface area contributed by atoms with Gasteiger partial charge in [0.05, 0.1) is 5.69 Å². The van der Waals surface area contributed by atoms with E-state index < -0.39 is 0 Å². The number of hydrogen-bond acceptors (Lipinski definition) is 9. The maximum atomic E-state index is 12.7. The molecule has 0 atom stereocenters. The second-order valence-electron chi connectivity index (χ2n) is 7.42. The Kier molecular flexibility index (Phi) is 5.40. The summed E-state index contributed by atoms with van der Waals surface area (Å²) >= 11 is 1.17. The first-order valence-electron chi connectivity index (χ1n) is 9.63. The summed E-state index contributed by atoms with van der Waals surface area (Å²) in [7, 11) is 2.15. The summed E-state index contributed by atoms with van der Waals surface area (Å²) in [4.78, 5) is 31.5. The zero-order valence-corrected chi connectivity index (χ0v) is 17.4. The lowest BCUT2D eigenvalue weighted by atomic mass is 10.2. The molecule has 2 aliphatic rings. The Morgan fingerprint density at radius 3 is 2.29 bits per heavy atom. The van der Waals surface area contributed by atoms with Gasteiger partial charge in [0.2, 0.25) is 5.95 Å². The van der Waals surface area contributed by atoms with Gasteiger partial charge in [0.25, 0.3) is 5.91 Å². The fraction of sp³-hybridized carbons (Fsp3) is 0.611. The summed E-state index contributed by atoms with van der Waals surface area (Å²) in [5, 5.41) is 3.95. The van der Waals surface area contributed by atoms with Crippen molar-refractivity contribution in [3.05, 3.63) is 22.3 Å². The van der Waals surface area contributed by atoms with Crippen LogP contribution in [-0.2, 0) is 0 Å². The number of carbonyl (C=O) groups is 1. The Labute approximate surface area is 169 Å². The van der Waals surface area contributed by atoms with E-state index in [9.17, 15) is 4.79 Å². The third kappa shape index (κ3) is 3.93.